The Kier molecular flexibility index (Phi) is 6.99. The van der Waals surface area contributed by atoms with E-state index in [0.717, 1.165) is 4.88 Å². The van der Waals surface area contributed by atoms with Crippen LogP contribution in [0.25, 0.3) is 0 Å². The van der Waals surface area contributed by atoms with E-state index in [1.807, 2.05) is 17.5 Å². The standard InChI is InChI=1S/C17H21NO4S2/c1-3-10-18(14-16-5-4-13-23-16)24(19,20)17-8-6-15(7-9-17)22-12-11-21-2/h3-9,13H,1,10-12,14H2,2H3. The molecule has 1 aromatic carbocycles. The zero-order chi connectivity index (χ0) is 17.4. The molecule has 24 heavy (non-hydrogen) atoms. The molecule has 1 aromatic heterocycles. The van der Waals surface area contributed by atoms with Crippen molar-refractivity contribution >= 4 is 21.4 Å². The first-order chi connectivity index (χ1) is 11.6. The van der Waals surface area contributed by atoms with Gasteiger partial charge in [0.15, 0.2) is 0 Å². The number of benzene rings is 1. The molecule has 0 aliphatic carbocycles. The van der Waals surface area contributed by atoms with Crippen molar-refractivity contribution in [2.45, 2.75) is 11.4 Å². The van der Waals surface area contributed by atoms with E-state index in [-0.39, 0.29) is 11.4 Å². The third-order valence-corrected chi connectivity index (χ3v) is 5.95. The minimum Gasteiger partial charge on any atom is -0.491 e. The van der Waals surface area contributed by atoms with Gasteiger partial charge in [-0.3, -0.25) is 0 Å². The molecule has 0 aliphatic rings. The summed E-state index contributed by atoms with van der Waals surface area (Å²) in [6, 6.07) is 10.2. The minimum absolute atomic E-state index is 0.236. The van der Waals surface area contributed by atoms with Crippen LogP contribution < -0.4 is 4.74 Å². The van der Waals surface area contributed by atoms with Gasteiger partial charge in [-0.15, -0.1) is 17.9 Å². The van der Waals surface area contributed by atoms with E-state index in [9.17, 15) is 8.42 Å². The molecular weight excluding hydrogens is 346 g/mol. The summed E-state index contributed by atoms with van der Waals surface area (Å²) in [6.07, 6.45) is 1.59. The molecule has 0 saturated heterocycles. The molecule has 0 N–H and O–H groups in total. The molecule has 0 radical (unpaired) electrons. The van der Waals surface area contributed by atoms with Gasteiger partial charge in [0.1, 0.15) is 12.4 Å². The summed E-state index contributed by atoms with van der Waals surface area (Å²) in [5.74, 6) is 0.611. The molecule has 5 nitrogen and oxygen atoms in total. The van der Waals surface area contributed by atoms with Crippen molar-refractivity contribution in [3.63, 3.8) is 0 Å². The van der Waals surface area contributed by atoms with Crippen molar-refractivity contribution < 1.29 is 17.9 Å². The molecule has 0 amide bonds. The van der Waals surface area contributed by atoms with Gasteiger partial charge in [-0.05, 0) is 35.7 Å². The van der Waals surface area contributed by atoms with Crippen LogP contribution in [-0.4, -0.2) is 39.6 Å². The third kappa shape index (κ3) is 4.91. The zero-order valence-electron chi connectivity index (χ0n) is 13.6. The highest BCUT2D eigenvalue weighted by molar-refractivity contribution is 7.89. The van der Waals surface area contributed by atoms with Crippen LogP contribution in [-0.2, 0) is 21.3 Å². The van der Waals surface area contributed by atoms with Crippen LogP contribution in [0.4, 0.5) is 0 Å². The maximum Gasteiger partial charge on any atom is 0.243 e. The first-order valence-corrected chi connectivity index (χ1v) is 9.75. The number of methoxy groups -OCH3 is 1. The van der Waals surface area contributed by atoms with Gasteiger partial charge in [0.25, 0.3) is 0 Å². The van der Waals surface area contributed by atoms with Gasteiger partial charge in [-0.1, -0.05) is 12.1 Å². The molecule has 0 unspecified atom stereocenters. The van der Waals surface area contributed by atoms with E-state index in [2.05, 4.69) is 6.58 Å². The van der Waals surface area contributed by atoms with Gasteiger partial charge in [0, 0.05) is 25.1 Å². The highest BCUT2D eigenvalue weighted by atomic mass is 32.2. The molecule has 0 spiro atoms. The van der Waals surface area contributed by atoms with Crippen molar-refractivity contribution in [1.29, 1.82) is 0 Å². The monoisotopic (exact) mass is 367 g/mol. The second-order valence-corrected chi connectivity index (χ2v) is 7.95. The molecular formula is C17H21NO4S2. The Hall–Kier alpha value is -1.67. The van der Waals surface area contributed by atoms with Crippen LogP contribution in [0.15, 0.2) is 59.3 Å². The normalized spacial score (nSPS) is 11.6. The predicted molar refractivity (Wildman–Crippen MR) is 95.9 cm³/mol. The second-order valence-electron chi connectivity index (χ2n) is 4.98. The topological polar surface area (TPSA) is 55.8 Å². The number of rotatable bonds is 10. The van der Waals surface area contributed by atoms with E-state index in [0.29, 0.717) is 25.5 Å². The van der Waals surface area contributed by atoms with E-state index < -0.39 is 10.0 Å². The Bertz CT molecular complexity index is 724. The molecule has 0 fully saturated rings. The zero-order valence-corrected chi connectivity index (χ0v) is 15.2. The van der Waals surface area contributed by atoms with Crippen LogP contribution in [0.3, 0.4) is 0 Å². The van der Waals surface area contributed by atoms with Gasteiger partial charge in [-0.25, -0.2) is 8.42 Å². The number of ether oxygens (including phenoxy) is 2. The quantitative estimate of drug-likeness (QED) is 0.478. The smallest absolute Gasteiger partial charge is 0.243 e. The number of sulfonamides is 1. The Balaban J connectivity index is 2.15. The van der Waals surface area contributed by atoms with Crippen LogP contribution in [0, 0.1) is 0 Å². The van der Waals surface area contributed by atoms with E-state index >= 15 is 0 Å². The molecule has 2 aromatic rings. The highest BCUT2D eigenvalue weighted by Gasteiger charge is 2.24. The first kappa shape index (κ1) is 18.7. The van der Waals surface area contributed by atoms with E-state index in [4.69, 9.17) is 9.47 Å². The average molecular weight is 367 g/mol. The molecule has 0 saturated carbocycles. The van der Waals surface area contributed by atoms with Crippen molar-refractivity contribution in [1.82, 2.24) is 4.31 Å². The van der Waals surface area contributed by atoms with Crippen LogP contribution in [0.5, 0.6) is 5.75 Å². The SMILES string of the molecule is C=CCN(Cc1cccs1)S(=O)(=O)c1ccc(OCCOC)cc1. The van der Waals surface area contributed by atoms with Gasteiger partial charge in [0.2, 0.25) is 10.0 Å². The second kappa shape index (κ2) is 8.98. The van der Waals surface area contributed by atoms with Crippen LogP contribution in [0.2, 0.25) is 0 Å². The lowest BCUT2D eigenvalue weighted by Gasteiger charge is -2.20. The predicted octanol–water partition coefficient (Wildman–Crippen LogP) is 3.15. The van der Waals surface area contributed by atoms with Crippen molar-refractivity contribution in [3.8, 4) is 5.75 Å². The lowest BCUT2D eigenvalue weighted by atomic mass is 10.3. The highest BCUT2D eigenvalue weighted by Crippen LogP contribution is 2.22. The maximum absolute atomic E-state index is 12.8. The minimum atomic E-state index is -3.59. The summed E-state index contributed by atoms with van der Waals surface area (Å²) in [7, 11) is -1.99. The summed E-state index contributed by atoms with van der Waals surface area (Å²) in [5, 5.41) is 1.93. The van der Waals surface area contributed by atoms with Gasteiger partial charge in [-0.2, -0.15) is 4.31 Å². The lowest BCUT2D eigenvalue weighted by molar-refractivity contribution is 0.146. The summed E-state index contributed by atoms with van der Waals surface area (Å²) >= 11 is 1.53. The fourth-order valence-corrected chi connectivity index (χ4v) is 4.26. The van der Waals surface area contributed by atoms with Crippen LogP contribution >= 0.6 is 11.3 Å². The summed E-state index contributed by atoms with van der Waals surface area (Å²) in [5.41, 5.74) is 0. The fraction of sp³-hybridized carbons (Fsp3) is 0.294. The van der Waals surface area contributed by atoms with Crippen molar-refractivity contribution in [2.75, 3.05) is 26.9 Å². The summed E-state index contributed by atoms with van der Waals surface area (Å²) in [6.45, 7) is 5.15. The first-order valence-electron chi connectivity index (χ1n) is 7.43. The molecule has 1 heterocycles. The lowest BCUT2D eigenvalue weighted by Crippen LogP contribution is -2.30. The molecule has 0 atom stereocenters. The van der Waals surface area contributed by atoms with Crippen molar-refractivity contribution in [2.24, 2.45) is 0 Å². The molecule has 0 aliphatic heterocycles. The van der Waals surface area contributed by atoms with Gasteiger partial charge < -0.3 is 9.47 Å². The fourth-order valence-electron chi connectivity index (χ4n) is 2.07. The Morgan fingerprint density at radius 2 is 1.96 bits per heavy atom. The number of nitrogens with zero attached hydrogens (tertiary/aromatic N) is 1. The summed E-state index contributed by atoms with van der Waals surface area (Å²) < 4.78 is 37.5. The van der Waals surface area contributed by atoms with Crippen LogP contribution in [0.1, 0.15) is 4.88 Å². The van der Waals surface area contributed by atoms with Gasteiger partial charge in [0.05, 0.1) is 11.5 Å². The Morgan fingerprint density at radius 1 is 1.21 bits per heavy atom. The maximum atomic E-state index is 12.8. The van der Waals surface area contributed by atoms with E-state index in [1.54, 1.807) is 37.5 Å². The largest absolute Gasteiger partial charge is 0.491 e. The molecule has 2 rings (SSSR count). The Labute approximate surface area is 147 Å². The van der Waals surface area contributed by atoms with Gasteiger partial charge >= 0.3 is 0 Å². The molecule has 130 valence electrons. The number of hydrogen-bond acceptors (Lipinski definition) is 5. The molecule has 7 heteroatoms. The summed E-state index contributed by atoms with van der Waals surface area (Å²) in [4.78, 5) is 1.22. The number of thiophene rings is 1. The van der Waals surface area contributed by atoms with Crippen molar-refractivity contribution in [3.05, 3.63) is 59.3 Å². The third-order valence-electron chi connectivity index (χ3n) is 3.26. The number of hydrogen-bond donors (Lipinski definition) is 0. The Morgan fingerprint density at radius 3 is 2.54 bits per heavy atom. The molecule has 0 bridgehead atoms. The van der Waals surface area contributed by atoms with E-state index in [1.165, 1.54) is 15.6 Å². The average Bonchev–Trinajstić information content (AvgIpc) is 3.08.